The number of hydrogen-bond donors (Lipinski definition) is 2. The Labute approximate surface area is 105 Å². The van der Waals surface area contributed by atoms with Crippen LogP contribution in [0, 0.1) is 0 Å². The van der Waals surface area contributed by atoms with E-state index in [1.807, 2.05) is 5.01 Å². The summed E-state index contributed by atoms with van der Waals surface area (Å²) < 4.78 is 23.7. The van der Waals surface area contributed by atoms with E-state index in [0.717, 1.165) is 19.3 Å². The van der Waals surface area contributed by atoms with Gasteiger partial charge >= 0.3 is 0 Å². The third kappa shape index (κ3) is 4.91. The minimum atomic E-state index is -3.20. The summed E-state index contributed by atoms with van der Waals surface area (Å²) >= 11 is 0. The predicted molar refractivity (Wildman–Crippen MR) is 69.8 cm³/mol. The molecular weight excluding hydrogens is 238 g/mol. The van der Waals surface area contributed by atoms with E-state index in [0.29, 0.717) is 13.0 Å². The molecule has 1 aliphatic rings. The van der Waals surface area contributed by atoms with Crippen molar-refractivity contribution >= 4 is 10.0 Å². The second-order valence-corrected chi connectivity index (χ2v) is 6.76. The molecule has 0 saturated carbocycles. The topological polar surface area (TPSA) is 75.4 Å². The molecule has 0 amide bonds. The Morgan fingerprint density at radius 3 is 2.35 bits per heavy atom. The van der Waals surface area contributed by atoms with Crippen molar-refractivity contribution in [3.05, 3.63) is 0 Å². The summed E-state index contributed by atoms with van der Waals surface area (Å²) in [7, 11) is -3.20. The number of unbranched alkanes of at least 4 members (excludes halogenated alkanes) is 1. The second kappa shape index (κ2) is 6.68. The van der Waals surface area contributed by atoms with Gasteiger partial charge in [0.25, 0.3) is 0 Å². The van der Waals surface area contributed by atoms with Gasteiger partial charge in [-0.15, -0.1) is 4.83 Å². The van der Waals surface area contributed by atoms with Gasteiger partial charge < -0.3 is 5.73 Å². The molecule has 3 N–H and O–H groups in total. The van der Waals surface area contributed by atoms with Gasteiger partial charge in [-0.3, -0.25) is 0 Å². The van der Waals surface area contributed by atoms with Crippen molar-refractivity contribution in [1.82, 2.24) is 9.84 Å². The first kappa shape index (κ1) is 14.9. The Morgan fingerprint density at radius 1 is 1.24 bits per heavy atom. The second-order valence-electron chi connectivity index (χ2n) is 4.94. The molecule has 17 heavy (non-hydrogen) atoms. The summed E-state index contributed by atoms with van der Waals surface area (Å²) in [5.41, 5.74) is 5.36. The Morgan fingerprint density at radius 2 is 1.82 bits per heavy atom. The molecule has 0 aliphatic carbocycles. The molecular formula is C11H25N3O2S. The van der Waals surface area contributed by atoms with Crippen molar-refractivity contribution in [2.45, 2.75) is 58.0 Å². The van der Waals surface area contributed by atoms with Gasteiger partial charge in [0, 0.05) is 12.1 Å². The molecule has 1 heterocycles. The summed E-state index contributed by atoms with van der Waals surface area (Å²) in [4.78, 5) is 2.72. The molecule has 0 aromatic rings. The lowest BCUT2D eigenvalue weighted by Crippen LogP contribution is -2.54. The molecule has 0 spiro atoms. The lowest BCUT2D eigenvalue weighted by atomic mass is 10.0. The van der Waals surface area contributed by atoms with Crippen LogP contribution >= 0.6 is 0 Å². The number of piperidine rings is 1. The number of rotatable bonds is 6. The number of hydrogen-bond acceptors (Lipinski definition) is 4. The van der Waals surface area contributed by atoms with E-state index in [9.17, 15) is 8.42 Å². The Bertz CT molecular complexity index is 309. The molecule has 1 aliphatic heterocycles. The first-order valence-electron chi connectivity index (χ1n) is 6.45. The van der Waals surface area contributed by atoms with Crippen LogP contribution < -0.4 is 10.6 Å². The largest absolute Gasteiger partial charge is 0.330 e. The third-order valence-electron chi connectivity index (χ3n) is 3.31. The molecule has 1 fully saturated rings. The van der Waals surface area contributed by atoms with Crippen LogP contribution in [0.5, 0.6) is 0 Å². The minimum Gasteiger partial charge on any atom is -0.330 e. The van der Waals surface area contributed by atoms with E-state index in [1.165, 1.54) is 6.42 Å². The van der Waals surface area contributed by atoms with Crippen LogP contribution in [0.3, 0.4) is 0 Å². The van der Waals surface area contributed by atoms with Gasteiger partial charge in [-0.05, 0) is 46.1 Å². The van der Waals surface area contributed by atoms with Crippen molar-refractivity contribution in [3.8, 4) is 0 Å². The predicted octanol–water partition coefficient (Wildman–Crippen LogP) is 0.823. The fraction of sp³-hybridized carbons (Fsp3) is 1.00. The monoisotopic (exact) mass is 263 g/mol. The summed E-state index contributed by atoms with van der Waals surface area (Å²) in [6, 6.07) is 0.561. The van der Waals surface area contributed by atoms with E-state index in [2.05, 4.69) is 18.7 Å². The van der Waals surface area contributed by atoms with Crippen LogP contribution in [0.15, 0.2) is 0 Å². The molecule has 0 bridgehead atoms. The molecule has 0 aromatic heterocycles. The fourth-order valence-corrected chi connectivity index (χ4v) is 3.60. The number of hydrazine groups is 1. The molecule has 102 valence electrons. The van der Waals surface area contributed by atoms with E-state index in [-0.39, 0.29) is 17.8 Å². The van der Waals surface area contributed by atoms with Gasteiger partial charge in [-0.1, -0.05) is 6.42 Å². The highest BCUT2D eigenvalue weighted by Gasteiger charge is 2.27. The average Bonchev–Trinajstić information content (AvgIpc) is 2.24. The van der Waals surface area contributed by atoms with Crippen LogP contribution in [-0.4, -0.2) is 37.8 Å². The summed E-state index contributed by atoms with van der Waals surface area (Å²) in [6.07, 6.45) is 4.66. The van der Waals surface area contributed by atoms with Gasteiger partial charge in [-0.25, -0.2) is 13.4 Å². The van der Waals surface area contributed by atoms with Crippen molar-refractivity contribution in [1.29, 1.82) is 0 Å². The number of sulfonamides is 1. The lowest BCUT2D eigenvalue weighted by molar-refractivity contribution is 0.0790. The molecule has 0 aromatic carbocycles. The average molecular weight is 263 g/mol. The smallest absolute Gasteiger partial charge is 0.224 e. The molecule has 0 radical (unpaired) electrons. The number of nitrogens with two attached hydrogens (primary N) is 1. The maximum atomic E-state index is 11.9. The Hall–Kier alpha value is -0.170. The van der Waals surface area contributed by atoms with Gasteiger partial charge in [0.1, 0.15) is 0 Å². The highest BCUT2D eigenvalue weighted by atomic mass is 32.2. The third-order valence-corrected chi connectivity index (χ3v) is 4.62. The zero-order chi connectivity index (χ0) is 12.9. The Balaban J connectivity index is 2.50. The van der Waals surface area contributed by atoms with E-state index < -0.39 is 10.0 Å². The first-order chi connectivity index (χ1) is 7.96. The highest BCUT2D eigenvalue weighted by molar-refractivity contribution is 7.89. The molecule has 1 saturated heterocycles. The summed E-state index contributed by atoms with van der Waals surface area (Å²) in [6.45, 7) is 4.68. The first-order valence-corrected chi connectivity index (χ1v) is 8.10. The number of nitrogens with zero attached hydrogens (tertiary/aromatic N) is 1. The summed E-state index contributed by atoms with van der Waals surface area (Å²) in [5, 5.41) is 1.89. The molecule has 2 atom stereocenters. The molecule has 6 heteroatoms. The number of nitrogens with one attached hydrogen (secondary N) is 1. The van der Waals surface area contributed by atoms with Crippen molar-refractivity contribution in [3.63, 3.8) is 0 Å². The van der Waals surface area contributed by atoms with E-state index in [4.69, 9.17) is 5.73 Å². The van der Waals surface area contributed by atoms with Gasteiger partial charge in [0.05, 0.1) is 5.75 Å². The van der Waals surface area contributed by atoms with Crippen LogP contribution in [-0.2, 0) is 10.0 Å². The quantitative estimate of drug-likeness (QED) is 0.696. The fourth-order valence-electron chi connectivity index (χ4n) is 2.24. The minimum absolute atomic E-state index is 0.167. The van der Waals surface area contributed by atoms with Crippen molar-refractivity contribution in [2.24, 2.45) is 5.73 Å². The van der Waals surface area contributed by atoms with Gasteiger partial charge in [-0.2, -0.15) is 0 Å². The van der Waals surface area contributed by atoms with Gasteiger partial charge in [0.2, 0.25) is 10.0 Å². The zero-order valence-corrected chi connectivity index (χ0v) is 11.7. The molecule has 1 rings (SSSR count). The van der Waals surface area contributed by atoms with Crippen molar-refractivity contribution < 1.29 is 8.42 Å². The van der Waals surface area contributed by atoms with Gasteiger partial charge in [0.15, 0.2) is 0 Å². The lowest BCUT2D eigenvalue weighted by Gasteiger charge is -2.38. The normalized spacial score (nSPS) is 27.2. The van der Waals surface area contributed by atoms with E-state index >= 15 is 0 Å². The van der Waals surface area contributed by atoms with Crippen LogP contribution in [0.2, 0.25) is 0 Å². The van der Waals surface area contributed by atoms with Crippen molar-refractivity contribution in [2.75, 3.05) is 12.3 Å². The van der Waals surface area contributed by atoms with E-state index in [1.54, 1.807) is 0 Å². The molecule has 5 nitrogen and oxygen atoms in total. The highest BCUT2D eigenvalue weighted by Crippen LogP contribution is 2.20. The summed E-state index contributed by atoms with van der Waals surface area (Å²) in [5.74, 6) is 0.167. The van der Waals surface area contributed by atoms with Crippen LogP contribution in [0.4, 0.5) is 0 Å². The standard InChI is InChI=1S/C11H25N3O2S/c1-10-6-5-7-11(2)14(10)13-17(15,16)9-4-3-8-12/h10-11,13H,3-9,12H2,1-2H3. The molecule has 2 unspecified atom stereocenters. The Kier molecular flexibility index (Phi) is 5.85. The maximum absolute atomic E-state index is 11.9. The maximum Gasteiger partial charge on any atom is 0.224 e. The van der Waals surface area contributed by atoms with Crippen LogP contribution in [0.1, 0.15) is 46.0 Å². The van der Waals surface area contributed by atoms with Crippen LogP contribution in [0.25, 0.3) is 0 Å². The zero-order valence-electron chi connectivity index (χ0n) is 10.9. The SMILES string of the molecule is CC1CCCC(C)N1NS(=O)(=O)CCCCN.